The first-order valence-corrected chi connectivity index (χ1v) is 12.4. The molecule has 10 heteroatoms. The number of aryl methyl sites for hydroxylation is 1. The second kappa shape index (κ2) is 9.20. The zero-order chi connectivity index (χ0) is 23.6. The van der Waals surface area contributed by atoms with E-state index >= 15 is 0 Å². The number of unbranched alkanes of at least 4 members (excludes halogenated alkanes) is 1. The van der Waals surface area contributed by atoms with Gasteiger partial charge in [0.2, 0.25) is 10.0 Å². The number of hydrogen-bond donors (Lipinski definition) is 2. The first-order valence-electron chi connectivity index (χ1n) is 10.8. The molecule has 0 aliphatic heterocycles. The van der Waals surface area contributed by atoms with Crippen LogP contribution in [-0.2, 0) is 27.7 Å². The van der Waals surface area contributed by atoms with E-state index in [1.165, 1.54) is 18.2 Å². The number of sulfonamides is 1. The highest BCUT2D eigenvalue weighted by Crippen LogP contribution is 2.35. The summed E-state index contributed by atoms with van der Waals surface area (Å²) in [5.41, 5.74) is 8.54. The maximum Gasteiger partial charge on any atom is 0.218 e. The van der Waals surface area contributed by atoms with Gasteiger partial charge in [0.25, 0.3) is 0 Å². The molecule has 0 saturated carbocycles. The van der Waals surface area contributed by atoms with Crippen molar-refractivity contribution in [3.05, 3.63) is 54.1 Å². The van der Waals surface area contributed by atoms with Gasteiger partial charge in [-0.25, -0.2) is 27.9 Å². The zero-order valence-electron chi connectivity index (χ0n) is 18.5. The molecule has 0 radical (unpaired) electrons. The number of methoxy groups -OCH3 is 1. The molecule has 0 bridgehead atoms. The molecule has 0 amide bonds. The van der Waals surface area contributed by atoms with Crippen LogP contribution < -0.4 is 10.9 Å². The summed E-state index contributed by atoms with van der Waals surface area (Å²) in [6, 6.07) is 7.75. The SMILES string of the molecule is COCCc1nc2c(N)nc3ccccc3c2n1CCCCC1(S(N)(=O)=O)C=CC=C(F)C1. The number of para-hydroxylation sites is 1. The molecule has 1 aromatic carbocycles. The summed E-state index contributed by atoms with van der Waals surface area (Å²) in [4.78, 5) is 9.22. The van der Waals surface area contributed by atoms with Crippen LogP contribution >= 0.6 is 0 Å². The van der Waals surface area contributed by atoms with Crippen LogP contribution in [0.15, 0.2) is 48.3 Å². The molecular formula is C23H28FN5O3S. The Balaban J connectivity index is 1.63. The molecule has 2 aromatic heterocycles. The third kappa shape index (κ3) is 4.50. The van der Waals surface area contributed by atoms with Gasteiger partial charge in [0.05, 0.1) is 17.6 Å². The molecule has 0 saturated heterocycles. The Morgan fingerprint density at radius 2 is 2.03 bits per heavy atom. The van der Waals surface area contributed by atoms with Crippen molar-refractivity contribution in [2.75, 3.05) is 19.5 Å². The van der Waals surface area contributed by atoms with Gasteiger partial charge in [-0.05, 0) is 31.4 Å². The van der Waals surface area contributed by atoms with E-state index in [2.05, 4.69) is 9.55 Å². The highest BCUT2D eigenvalue weighted by atomic mass is 32.2. The van der Waals surface area contributed by atoms with Crippen LogP contribution in [0.25, 0.3) is 21.9 Å². The second-order valence-electron chi connectivity index (χ2n) is 8.35. The summed E-state index contributed by atoms with van der Waals surface area (Å²) in [6.45, 7) is 1.09. The van der Waals surface area contributed by atoms with E-state index in [1.807, 2.05) is 24.3 Å². The number of nitrogen functional groups attached to an aromatic ring is 1. The number of ether oxygens (including phenoxy) is 1. The Bertz CT molecular complexity index is 1350. The minimum atomic E-state index is -3.97. The number of pyridine rings is 1. The van der Waals surface area contributed by atoms with Gasteiger partial charge in [-0.2, -0.15) is 0 Å². The van der Waals surface area contributed by atoms with E-state index < -0.39 is 20.6 Å². The second-order valence-corrected chi connectivity index (χ2v) is 10.3. The monoisotopic (exact) mass is 473 g/mol. The fraction of sp³-hybridized carbons (Fsp3) is 0.391. The summed E-state index contributed by atoms with van der Waals surface area (Å²) < 4.78 is 44.4. The first-order chi connectivity index (χ1) is 15.8. The average Bonchev–Trinajstić information content (AvgIpc) is 3.14. The largest absolute Gasteiger partial charge is 0.384 e. The maximum absolute atomic E-state index is 13.9. The molecule has 33 heavy (non-hydrogen) atoms. The number of imidazole rings is 1. The van der Waals surface area contributed by atoms with Gasteiger partial charge in [0, 0.05) is 31.9 Å². The fourth-order valence-electron chi connectivity index (χ4n) is 4.47. The van der Waals surface area contributed by atoms with Crippen molar-refractivity contribution in [3.63, 3.8) is 0 Å². The van der Waals surface area contributed by atoms with Gasteiger partial charge in [-0.3, -0.25) is 0 Å². The fourth-order valence-corrected chi connectivity index (χ4v) is 5.50. The van der Waals surface area contributed by atoms with Crippen molar-refractivity contribution in [2.45, 2.75) is 43.4 Å². The molecule has 8 nitrogen and oxygen atoms in total. The molecular weight excluding hydrogens is 445 g/mol. The number of fused-ring (bicyclic) bond motifs is 3. The van der Waals surface area contributed by atoms with Gasteiger partial charge < -0.3 is 15.0 Å². The minimum absolute atomic E-state index is 0.230. The van der Waals surface area contributed by atoms with Crippen LogP contribution in [0.5, 0.6) is 0 Å². The third-order valence-corrected chi connectivity index (χ3v) is 7.78. The number of anilines is 1. The molecule has 1 atom stereocenters. The maximum atomic E-state index is 13.9. The zero-order valence-corrected chi connectivity index (χ0v) is 19.3. The van der Waals surface area contributed by atoms with Crippen LogP contribution in [0.1, 0.15) is 31.5 Å². The van der Waals surface area contributed by atoms with Crippen molar-refractivity contribution >= 4 is 37.8 Å². The molecule has 2 heterocycles. The summed E-state index contributed by atoms with van der Waals surface area (Å²) in [5.74, 6) is 0.705. The smallest absolute Gasteiger partial charge is 0.218 e. The van der Waals surface area contributed by atoms with E-state index in [0.717, 1.165) is 22.2 Å². The number of aromatic nitrogens is 3. The molecule has 0 spiro atoms. The van der Waals surface area contributed by atoms with Crippen molar-refractivity contribution in [2.24, 2.45) is 5.14 Å². The lowest BCUT2D eigenvalue weighted by Gasteiger charge is -2.29. The van der Waals surface area contributed by atoms with Gasteiger partial charge in [0.15, 0.2) is 5.82 Å². The van der Waals surface area contributed by atoms with Crippen molar-refractivity contribution < 1.29 is 17.5 Å². The van der Waals surface area contributed by atoms with E-state index in [4.69, 9.17) is 20.6 Å². The highest BCUT2D eigenvalue weighted by molar-refractivity contribution is 7.90. The van der Waals surface area contributed by atoms with Gasteiger partial charge in [-0.15, -0.1) is 0 Å². The van der Waals surface area contributed by atoms with Crippen LogP contribution in [-0.4, -0.2) is 41.4 Å². The normalized spacial score (nSPS) is 18.8. The average molecular weight is 474 g/mol. The van der Waals surface area contributed by atoms with Gasteiger partial charge in [0.1, 0.15) is 21.9 Å². The lowest BCUT2D eigenvalue weighted by molar-refractivity contribution is 0.199. The van der Waals surface area contributed by atoms with Crippen LogP contribution in [0.2, 0.25) is 0 Å². The Labute approximate surface area is 192 Å². The van der Waals surface area contributed by atoms with Gasteiger partial charge >= 0.3 is 0 Å². The van der Waals surface area contributed by atoms with E-state index in [9.17, 15) is 12.8 Å². The topological polar surface area (TPSA) is 126 Å². The Morgan fingerprint density at radius 1 is 1.24 bits per heavy atom. The number of rotatable bonds is 9. The molecule has 4 rings (SSSR count). The molecule has 1 aliphatic rings. The van der Waals surface area contributed by atoms with Crippen LogP contribution in [0, 0.1) is 0 Å². The lowest BCUT2D eigenvalue weighted by atomic mass is 9.93. The molecule has 1 aliphatic carbocycles. The predicted molar refractivity (Wildman–Crippen MR) is 128 cm³/mol. The third-order valence-electron chi connectivity index (χ3n) is 6.16. The molecule has 4 N–H and O–H groups in total. The Morgan fingerprint density at radius 3 is 2.76 bits per heavy atom. The predicted octanol–water partition coefficient (Wildman–Crippen LogP) is 3.37. The standard InChI is InChI=1S/C23H28FN5O3S/c1-32-14-10-19-28-20-21(17-8-2-3-9-18(17)27-22(20)25)29(19)13-5-4-11-23(33(26,30)31)12-6-7-16(24)15-23/h2-3,6-9,12H,4-5,10-11,13-15H2,1H3,(H2,25,27)(H2,26,30,31). The number of benzene rings is 1. The molecule has 3 aromatic rings. The summed E-state index contributed by atoms with van der Waals surface area (Å²) >= 11 is 0. The quantitative estimate of drug-likeness (QED) is 0.459. The van der Waals surface area contributed by atoms with Crippen molar-refractivity contribution in [1.29, 1.82) is 0 Å². The molecule has 0 fully saturated rings. The van der Waals surface area contributed by atoms with Crippen molar-refractivity contribution in [3.8, 4) is 0 Å². The molecule has 1 unspecified atom stereocenters. The lowest BCUT2D eigenvalue weighted by Crippen LogP contribution is -2.42. The number of nitrogens with two attached hydrogens (primary N) is 2. The minimum Gasteiger partial charge on any atom is -0.384 e. The van der Waals surface area contributed by atoms with E-state index in [1.54, 1.807) is 7.11 Å². The van der Waals surface area contributed by atoms with E-state index in [-0.39, 0.29) is 12.8 Å². The van der Waals surface area contributed by atoms with E-state index in [0.29, 0.717) is 43.7 Å². The summed E-state index contributed by atoms with van der Waals surface area (Å²) in [5, 5.41) is 6.44. The molecule has 176 valence electrons. The number of nitrogens with zero attached hydrogens (tertiary/aromatic N) is 3. The number of primary sulfonamides is 1. The Hall–Kier alpha value is -2.82. The summed E-state index contributed by atoms with van der Waals surface area (Å²) in [6.07, 6.45) is 5.98. The van der Waals surface area contributed by atoms with Crippen LogP contribution in [0.4, 0.5) is 10.2 Å². The van der Waals surface area contributed by atoms with Crippen molar-refractivity contribution in [1.82, 2.24) is 14.5 Å². The van der Waals surface area contributed by atoms with Crippen LogP contribution in [0.3, 0.4) is 0 Å². The number of halogens is 1. The Kier molecular flexibility index (Phi) is 6.51. The number of hydrogen-bond acceptors (Lipinski definition) is 6. The highest BCUT2D eigenvalue weighted by Gasteiger charge is 2.40. The number of allylic oxidation sites excluding steroid dienone is 3. The van der Waals surface area contributed by atoms with Gasteiger partial charge in [-0.1, -0.05) is 30.4 Å². The summed E-state index contributed by atoms with van der Waals surface area (Å²) in [7, 11) is -2.34. The first kappa shape index (κ1) is 23.3.